The Morgan fingerprint density at radius 3 is 2.57 bits per heavy atom. The second kappa shape index (κ2) is 6.84. The van der Waals surface area contributed by atoms with E-state index in [0.717, 1.165) is 16.7 Å². The number of aliphatic hydroxyl groups excluding tert-OH is 1. The van der Waals surface area contributed by atoms with Crippen molar-refractivity contribution in [3.63, 3.8) is 0 Å². The SMILES string of the molecule is CCn1c(C2=C(O)CN(c3ccc(CC(=O)O)cc3)C2=N)nc2ccccc21. The predicted octanol–water partition coefficient (Wildman–Crippen LogP) is 3.45. The molecular formula is C21H20N4O3. The van der Waals surface area contributed by atoms with Crippen LogP contribution in [0.25, 0.3) is 16.6 Å². The van der Waals surface area contributed by atoms with Gasteiger partial charge in [-0.25, -0.2) is 4.98 Å². The van der Waals surface area contributed by atoms with E-state index in [1.807, 2.05) is 35.8 Å². The lowest BCUT2D eigenvalue weighted by molar-refractivity contribution is -0.136. The van der Waals surface area contributed by atoms with E-state index in [1.54, 1.807) is 29.2 Å². The van der Waals surface area contributed by atoms with Crippen LogP contribution < -0.4 is 4.90 Å². The number of carbonyl (C=O) groups is 1. The third-order valence-corrected chi connectivity index (χ3v) is 4.90. The molecule has 3 aromatic rings. The van der Waals surface area contributed by atoms with Crippen molar-refractivity contribution >= 4 is 34.1 Å². The minimum atomic E-state index is -0.887. The van der Waals surface area contributed by atoms with Gasteiger partial charge in [0.2, 0.25) is 0 Å². The molecule has 0 radical (unpaired) electrons. The van der Waals surface area contributed by atoms with Gasteiger partial charge in [-0.2, -0.15) is 0 Å². The number of aromatic nitrogens is 2. The van der Waals surface area contributed by atoms with Crippen molar-refractivity contribution in [3.05, 3.63) is 65.7 Å². The van der Waals surface area contributed by atoms with Crippen LogP contribution in [0.15, 0.2) is 54.3 Å². The summed E-state index contributed by atoms with van der Waals surface area (Å²) in [6.07, 6.45) is -0.0486. The Balaban J connectivity index is 1.69. The molecule has 0 unspecified atom stereocenters. The van der Waals surface area contributed by atoms with E-state index >= 15 is 0 Å². The molecule has 1 aliphatic rings. The van der Waals surface area contributed by atoms with Gasteiger partial charge in [-0.1, -0.05) is 24.3 Å². The quantitative estimate of drug-likeness (QED) is 0.633. The molecule has 0 aliphatic carbocycles. The number of nitrogens with one attached hydrogen (secondary N) is 1. The molecule has 0 amide bonds. The maximum Gasteiger partial charge on any atom is 0.307 e. The van der Waals surface area contributed by atoms with Gasteiger partial charge >= 0.3 is 5.97 Å². The molecule has 7 heteroatoms. The molecule has 28 heavy (non-hydrogen) atoms. The summed E-state index contributed by atoms with van der Waals surface area (Å²) in [4.78, 5) is 17.2. The molecule has 0 fully saturated rings. The van der Waals surface area contributed by atoms with Crippen molar-refractivity contribution in [2.24, 2.45) is 0 Å². The normalized spacial score (nSPS) is 14.3. The zero-order valence-corrected chi connectivity index (χ0v) is 15.4. The van der Waals surface area contributed by atoms with E-state index in [1.165, 1.54) is 0 Å². The van der Waals surface area contributed by atoms with Crippen molar-refractivity contribution in [2.75, 3.05) is 11.4 Å². The molecule has 3 N–H and O–H groups in total. The molecule has 0 saturated heterocycles. The lowest BCUT2D eigenvalue weighted by Crippen LogP contribution is -2.26. The summed E-state index contributed by atoms with van der Waals surface area (Å²) in [5.74, 6) is -0.0314. The third kappa shape index (κ3) is 2.90. The first-order valence-electron chi connectivity index (χ1n) is 9.04. The van der Waals surface area contributed by atoms with Crippen LogP contribution in [-0.2, 0) is 17.8 Å². The largest absolute Gasteiger partial charge is 0.509 e. The molecule has 2 heterocycles. The molecular weight excluding hydrogens is 356 g/mol. The molecule has 0 saturated carbocycles. The van der Waals surface area contributed by atoms with Crippen molar-refractivity contribution in [1.82, 2.24) is 9.55 Å². The Bertz CT molecular complexity index is 1110. The van der Waals surface area contributed by atoms with Crippen LogP contribution in [0, 0.1) is 5.41 Å². The molecule has 2 aromatic carbocycles. The number of anilines is 1. The number of carboxylic acids is 1. The molecule has 0 atom stereocenters. The smallest absolute Gasteiger partial charge is 0.307 e. The van der Waals surface area contributed by atoms with Gasteiger partial charge in [0.05, 0.1) is 29.6 Å². The number of nitrogens with zero attached hydrogens (tertiary/aromatic N) is 3. The number of aliphatic hydroxyl groups is 1. The molecule has 0 bridgehead atoms. The van der Waals surface area contributed by atoms with Crippen LogP contribution in [0.4, 0.5) is 5.69 Å². The minimum absolute atomic E-state index is 0.0486. The number of aryl methyl sites for hydroxylation is 1. The summed E-state index contributed by atoms with van der Waals surface area (Å²) in [6.45, 7) is 2.86. The molecule has 1 aromatic heterocycles. The van der Waals surface area contributed by atoms with Gasteiger partial charge in [-0.3, -0.25) is 10.2 Å². The highest BCUT2D eigenvalue weighted by atomic mass is 16.4. The Labute approximate surface area is 161 Å². The standard InChI is InChI=1S/C21H20N4O3/c1-2-24-16-6-4-3-5-15(16)23-21(24)19-17(26)12-25(20(19)22)14-9-7-13(8-10-14)11-18(27)28/h3-10,22,26H,2,11-12H2,1H3,(H,27,28). The number of imidazole rings is 1. The van der Waals surface area contributed by atoms with Gasteiger partial charge in [0.1, 0.15) is 17.4 Å². The van der Waals surface area contributed by atoms with E-state index < -0.39 is 5.97 Å². The summed E-state index contributed by atoms with van der Waals surface area (Å²) in [5, 5.41) is 28.2. The Morgan fingerprint density at radius 1 is 1.18 bits per heavy atom. The van der Waals surface area contributed by atoms with Crippen LogP contribution in [0.1, 0.15) is 18.3 Å². The summed E-state index contributed by atoms with van der Waals surface area (Å²) in [6, 6.07) is 14.7. The van der Waals surface area contributed by atoms with E-state index in [4.69, 9.17) is 10.5 Å². The van der Waals surface area contributed by atoms with Gasteiger partial charge in [0, 0.05) is 12.2 Å². The van der Waals surface area contributed by atoms with E-state index in [2.05, 4.69) is 4.98 Å². The molecule has 1 aliphatic heterocycles. The number of hydrogen-bond acceptors (Lipinski definition) is 4. The van der Waals surface area contributed by atoms with Gasteiger partial charge in [-0.05, 0) is 36.8 Å². The van der Waals surface area contributed by atoms with Gasteiger partial charge < -0.3 is 19.7 Å². The number of carboxylic acid groups (broad SMARTS) is 1. The molecule has 7 nitrogen and oxygen atoms in total. The van der Waals surface area contributed by atoms with Crippen LogP contribution in [0.3, 0.4) is 0 Å². The summed E-state index contributed by atoms with van der Waals surface area (Å²) < 4.78 is 1.99. The number of amidine groups is 1. The van der Waals surface area contributed by atoms with Crippen molar-refractivity contribution in [1.29, 1.82) is 5.41 Å². The minimum Gasteiger partial charge on any atom is -0.509 e. The Morgan fingerprint density at radius 2 is 1.89 bits per heavy atom. The molecule has 4 rings (SSSR count). The zero-order chi connectivity index (χ0) is 19.8. The predicted molar refractivity (Wildman–Crippen MR) is 108 cm³/mol. The number of rotatable bonds is 5. The van der Waals surface area contributed by atoms with Crippen LogP contribution in [-0.4, -0.2) is 38.1 Å². The number of fused-ring (bicyclic) bond motifs is 1. The summed E-state index contributed by atoms with van der Waals surface area (Å²) >= 11 is 0. The van der Waals surface area contributed by atoms with E-state index in [9.17, 15) is 9.90 Å². The maximum absolute atomic E-state index is 10.8. The number of aliphatic carboxylic acids is 1. The number of benzene rings is 2. The van der Waals surface area contributed by atoms with Gasteiger partial charge in [-0.15, -0.1) is 0 Å². The average Bonchev–Trinajstić information content (AvgIpc) is 3.18. The Hall–Kier alpha value is -3.61. The highest BCUT2D eigenvalue weighted by Crippen LogP contribution is 2.32. The van der Waals surface area contributed by atoms with E-state index in [-0.39, 0.29) is 24.6 Å². The fourth-order valence-electron chi connectivity index (χ4n) is 3.59. The number of hydrogen-bond donors (Lipinski definition) is 3. The van der Waals surface area contributed by atoms with Crippen molar-refractivity contribution < 1.29 is 15.0 Å². The first kappa shape index (κ1) is 17.8. The maximum atomic E-state index is 10.8. The number of para-hydroxylation sites is 2. The van der Waals surface area contributed by atoms with Gasteiger partial charge in [0.25, 0.3) is 0 Å². The molecule has 142 valence electrons. The lowest BCUT2D eigenvalue weighted by atomic mass is 10.1. The fourth-order valence-corrected chi connectivity index (χ4v) is 3.59. The van der Waals surface area contributed by atoms with Crippen molar-refractivity contribution in [3.8, 4) is 0 Å². The highest BCUT2D eigenvalue weighted by molar-refractivity contribution is 6.30. The van der Waals surface area contributed by atoms with Crippen LogP contribution >= 0.6 is 0 Å². The second-order valence-corrected chi connectivity index (χ2v) is 6.66. The fraction of sp³-hybridized carbons (Fsp3) is 0.190. The third-order valence-electron chi connectivity index (χ3n) is 4.90. The highest BCUT2D eigenvalue weighted by Gasteiger charge is 2.32. The summed E-state index contributed by atoms with van der Waals surface area (Å²) in [5.41, 5.74) is 3.62. The van der Waals surface area contributed by atoms with Crippen molar-refractivity contribution in [2.45, 2.75) is 19.9 Å². The molecule has 0 spiro atoms. The second-order valence-electron chi connectivity index (χ2n) is 6.66. The van der Waals surface area contributed by atoms with Crippen LogP contribution in [0.2, 0.25) is 0 Å². The summed E-state index contributed by atoms with van der Waals surface area (Å²) in [7, 11) is 0. The lowest BCUT2D eigenvalue weighted by Gasteiger charge is -2.19. The average molecular weight is 376 g/mol. The Kier molecular flexibility index (Phi) is 4.35. The first-order valence-corrected chi connectivity index (χ1v) is 9.04. The van der Waals surface area contributed by atoms with Gasteiger partial charge in [0.15, 0.2) is 0 Å². The first-order chi connectivity index (χ1) is 13.5. The monoisotopic (exact) mass is 376 g/mol. The zero-order valence-electron chi connectivity index (χ0n) is 15.4. The topological polar surface area (TPSA) is 102 Å². The van der Waals surface area contributed by atoms with Crippen LogP contribution in [0.5, 0.6) is 0 Å². The van der Waals surface area contributed by atoms with E-state index in [0.29, 0.717) is 23.5 Å².